The first-order chi connectivity index (χ1) is 10.9. The van der Waals surface area contributed by atoms with Crippen LogP contribution in [0, 0.1) is 11.6 Å². The Hall–Kier alpha value is -2.96. The highest BCUT2D eigenvalue weighted by atomic mass is 19.2. The molecule has 2 N–H and O–H groups in total. The van der Waals surface area contributed by atoms with Crippen molar-refractivity contribution < 1.29 is 23.5 Å². The summed E-state index contributed by atoms with van der Waals surface area (Å²) in [6, 6.07) is 8.29. The maximum absolute atomic E-state index is 13.3. The summed E-state index contributed by atoms with van der Waals surface area (Å²) in [5.74, 6) is -3.17. The van der Waals surface area contributed by atoms with Gasteiger partial charge in [-0.25, -0.2) is 18.4 Å². The molecule has 0 aromatic heterocycles. The minimum atomic E-state index is -1.12. The number of aromatic carboxylic acids is 1. The number of hydrogen-bond acceptors (Lipinski definition) is 2. The average Bonchev–Trinajstić information content (AvgIpc) is 2.51. The molecule has 0 aliphatic carbocycles. The van der Waals surface area contributed by atoms with Crippen LogP contribution < -0.4 is 10.2 Å². The Bertz CT molecular complexity index is 750. The lowest BCUT2D eigenvalue weighted by Gasteiger charge is -2.21. The Labute approximate surface area is 131 Å². The van der Waals surface area contributed by atoms with E-state index in [2.05, 4.69) is 5.32 Å². The molecule has 2 amide bonds. The van der Waals surface area contributed by atoms with Gasteiger partial charge in [-0.1, -0.05) is 6.07 Å². The molecule has 0 atom stereocenters. The zero-order valence-electron chi connectivity index (χ0n) is 12.2. The van der Waals surface area contributed by atoms with Crippen molar-refractivity contribution in [2.75, 3.05) is 16.8 Å². The minimum absolute atomic E-state index is 0.0266. The van der Waals surface area contributed by atoms with Crippen molar-refractivity contribution in [1.29, 1.82) is 0 Å². The summed E-state index contributed by atoms with van der Waals surface area (Å²) < 4.78 is 26.3. The molecule has 0 spiro atoms. The van der Waals surface area contributed by atoms with Crippen LogP contribution in [0.25, 0.3) is 0 Å². The summed E-state index contributed by atoms with van der Waals surface area (Å²) in [4.78, 5) is 24.4. The molecule has 0 saturated heterocycles. The Morgan fingerprint density at radius 3 is 2.48 bits per heavy atom. The van der Waals surface area contributed by atoms with E-state index in [1.54, 1.807) is 6.92 Å². The third-order valence-electron chi connectivity index (χ3n) is 3.14. The molecule has 0 radical (unpaired) electrons. The van der Waals surface area contributed by atoms with Crippen LogP contribution >= 0.6 is 0 Å². The lowest BCUT2D eigenvalue weighted by Crippen LogP contribution is -2.34. The fourth-order valence-electron chi connectivity index (χ4n) is 2.02. The van der Waals surface area contributed by atoms with Gasteiger partial charge in [0, 0.05) is 24.0 Å². The van der Waals surface area contributed by atoms with Gasteiger partial charge in [0.25, 0.3) is 0 Å². The second-order valence-electron chi connectivity index (χ2n) is 4.66. The predicted molar refractivity (Wildman–Crippen MR) is 81.8 cm³/mol. The predicted octanol–water partition coefficient (Wildman–Crippen LogP) is 3.72. The summed E-state index contributed by atoms with van der Waals surface area (Å²) in [6.45, 7) is 1.89. The lowest BCUT2D eigenvalue weighted by molar-refractivity contribution is 0.0697. The van der Waals surface area contributed by atoms with Gasteiger partial charge >= 0.3 is 12.0 Å². The highest BCUT2D eigenvalue weighted by molar-refractivity contribution is 6.02. The van der Waals surface area contributed by atoms with E-state index in [0.29, 0.717) is 0 Å². The SMILES string of the molecule is CCN(C(=O)Nc1cccc(C(=O)O)c1)c1ccc(F)c(F)c1. The highest BCUT2D eigenvalue weighted by Gasteiger charge is 2.16. The van der Waals surface area contributed by atoms with Gasteiger partial charge in [0.05, 0.1) is 5.56 Å². The number of carboxylic acids is 1. The van der Waals surface area contributed by atoms with E-state index in [-0.39, 0.29) is 23.5 Å². The maximum Gasteiger partial charge on any atom is 0.335 e. The number of nitrogens with one attached hydrogen (secondary N) is 1. The minimum Gasteiger partial charge on any atom is -0.478 e. The molecule has 0 fully saturated rings. The molecular weight excluding hydrogens is 306 g/mol. The van der Waals surface area contributed by atoms with Crippen LogP contribution in [0.2, 0.25) is 0 Å². The fraction of sp³-hybridized carbons (Fsp3) is 0.125. The Kier molecular flexibility index (Phi) is 4.90. The van der Waals surface area contributed by atoms with Crippen molar-refractivity contribution >= 4 is 23.4 Å². The van der Waals surface area contributed by atoms with Gasteiger partial charge in [0.2, 0.25) is 0 Å². The van der Waals surface area contributed by atoms with Crippen molar-refractivity contribution in [3.05, 3.63) is 59.7 Å². The van der Waals surface area contributed by atoms with E-state index in [1.807, 2.05) is 0 Å². The molecular formula is C16H14F2N2O3. The third-order valence-corrected chi connectivity index (χ3v) is 3.14. The summed E-state index contributed by atoms with van der Waals surface area (Å²) >= 11 is 0. The molecule has 0 unspecified atom stereocenters. The van der Waals surface area contributed by atoms with Crippen LogP contribution in [0.15, 0.2) is 42.5 Å². The molecule has 7 heteroatoms. The van der Waals surface area contributed by atoms with E-state index in [9.17, 15) is 18.4 Å². The molecule has 0 aliphatic rings. The van der Waals surface area contributed by atoms with E-state index in [0.717, 1.165) is 12.1 Å². The van der Waals surface area contributed by atoms with Gasteiger partial charge < -0.3 is 10.4 Å². The van der Waals surface area contributed by atoms with Gasteiger partial charge in [-0.2, -0.15) is 0 Å². The molecule has 2 aromatic rings. The Morgan fingerprint density at radius 2 is 1.87 bits per heavy atom. The zero-order chi connectivity index (χ0) is 17.0. The van der Waals surface area contributed by atoms with E-state index in [4.69, 9.17) is 5.11 Å². The zero-order valence-corrected chi connectivity index (χ0v) is 12.2. The summed E-state index contributed by atoms with van der Waals surface area (Å²) in [7, 11) is 0. The lowest BCUT2D eigenvalue weighted by atomic mass is 10.2. The van der Waals surface area contributed by atoms with E-state index < -0.39 is 23.6 Å². The van der Waals surface area contributed by atoms with Crippen LogP contribution in [0.4, 0.5) is 25.0 Å². The number of hydrogen-bond donors (Lipinski definition) is 2. The molecule has 0 aliphatic heterocycles. The molecule has 2 rings (SSSR count). The standard InChI is InChI=1S/C16H14F2N2O3/c1-2-20(12-6-7-13(17)14(18)9-12)16(23)19-11-5-3-4-10(8-11)15(21)22/h3-9H,2H2,1H3,(H,19,23)(H,21,22). The van der Waals surface area contributed by atoms with Crippen molar-refractivity contribution in [2.24, 2.45) is 0 Å². The first kappa shape index (κ1) is 16.4. The van der Waals surface area contributed by atoms with Gasteiger partial charge in [-0.3, -0.25) is 4.90 Å². The smallest absolute Gasteiger partial charge is 0.335 e. The van der Waals surface area contributed by atoms with Crippen molar-refractivity contribution in [3.63, 3.8) is 0 Å². The number of rotatable bonds is 4. The summed E-state index contributed by atoms with van der Waals surface area (Å²) in [5, 5.41) is 11.5. The third kappa shape index (κ3) is 3.82. The summed E-state index contributed by atoms with van der Waals surface area (Å²) in [5.41, 5.74) is 0.507. The molecule has 23 heavy (non-hydrogen) atoms. The number of carbonyl (C=O) groups excluding carboxylic acids is 1. The van der Waals surface area contributed by atoms with E-state index >= 15 is 0 Å². The van der Waals surface area contributed by atoms with Gasteiger partial charge in [-0.05, 0) is 37.3 Å². The van der Waals surface area contributed by atoms with E-state index in [1.165, 1.54) is 35.2 Å². The van der Waals surface area contributed by atoms with Crippen molar-refractivity contribution in [2.45, 2.75) is 6.92 Å². The van der Waals surface area contributed by atoms with Crippen molar-refractivity contribution in [1.82, 2.24) is 0 Å². The molecule has 0 saturated carbocycles. The quantitative estimate of drug-likeness (QED) is 0.902. The summed E-state index contributed by atoms with van der Waals surface area (Å²) in [6.07, 6.45) is 0. The average molecular weight is 320 g/mol. The first-order valence-corrected chi connectivity index (χ1v) is 6.79. The number of carbonyl (C=O) groups is 2. The van der Waals surface area contributed by atoms with Crippen LogP contribution in [0.3, 0.4) is 0 Å². The molecule has 0 bridgehead atoms. The number of benzene rings is 2. The number of nitrogens with zero attached hydrogens (tertiary/aromatic N) is 1. The Balaban J connectivity index is 2.21. The molecule has 2 aromatic carbocycles. The van der Waals surface area contributed by atoms with Crippen LogP contribution in [0.5, 0.6) is 0 Å². The van der Waals surface area contributed by atoms with Crippen LogP contribution in [-0.2, 0) is 0 Å². The largest absolute Gasteiger partial charge is 0.478 e. The molecule has 0 heterocycles. The van der Waals surface area contributed by atoms with Crippen LogP contribution in [0.1, 0.15) is 17.3 Å². The monoisotopic (exact) mass is 320 g/mol. The Morgan fingerprint density at radius 1 is 1.13 bits per heavy atom. The number of anilines is 2. The number of urea groups is 1. The number of halogens is 2. The second kappa shape index (κ2) is 6.87. The van der Waals surface area contributed by atoms with Gasteiger partial charge in [0.1, 0.15) is 0 Å². The fourth-order valence-corrected chi connectivity index (χ4v) is 2.02. The topological polar surface area (TPSA) is 69.6 Å². The highest BCUT2D eigenvalue weighted by Crippen LogP contribution is 2.19. The first-order valence-electron chi connectivity index (χ1n) is 6.79. The number of amides is 2. The molecule has 120 valence electrons. The number of carboxylic acid groups (broad SMARTS) is 1. The normalized spacial score (nSPS) is 10.2. The molecule has 5 nitrogen and oxygen atoms in total. The second-order valence-corrected chi connectivity index (χ2v) is 4.66. The van der Waals surface area contributed by atoms with Crippen LogP contribution in [-0.4, -0.2) is 23.7 Å². The van der Waals surface area contributed by atoms with Gasteiger partial charge in [-0.15, -0.1) is 0 Å². The van der Waals surface area contributed by atoms with Crippen molar-refractivity contribution in [3.8, 4) is 0 Å². The van der Waals surface area contributed by atoms with Gasteiger partial charge in [0.15, 0.2) is 11.6 Å². The maximum atomic E-state index is 13.3.